The lowest BCUT2D eigenvalue weighted by Gasteiger charge is -2.34. The van der Waals surface area contributed by atoms with Crippen molar-refractivity contribution in [2.75, 3.05) is 31.6 Å². The van der Waals surface area contributed by atoms with Gasteiger partial charge in [0.1, 0.15) is 0 Å². The van der Waals surface area contributed by atoms with Crippen molar-refractivity contribution in [3.8, 4) is 0 Å². The van der Waals surface area contributed by atoms with Crippen LogP contribution in [-0.4, -0.2) is 49.8 Å². The first kappa shape index (κ1) is 21.1. The first-order valence-electron chi connectivity index (χ1n) is 9.65. The first-order chi connectivity index (χ1) is 14.0. The number of piperidine rings is 1. The Morgan fingerprint density at radius 2 is 1.86 bits per heavy atom. The van der Waals surface area contributed by atoms with Crippen molar-refractivity contribution >= 4 is 29.2 Å². The van der Waals surface area contributed by atoms with Crippen molar-refractivity contribution in [3.63, 3.8) is 0 Å². The molecule has 0 aliphatic carbocycles. The third-order valence-electron chi connectivity index (χ3n) is 5.22. The molecule has 6 nitrogen and oxygen atoms in total. The number of methoxy groups -OCH3 is 1. The summed E-state index contributed by atoms with van der Waals surface area (Å²) in [5, 5.41) is 12.4. The van der Waals surface area contributed by atoms with Crippen LogP contribution in [0.2, 0.25) is 5.02 Å². The van der Waals surface area contributed by atoms with Gasteiger partial charge in [0.2, 0.25) is 0 Å². The van der Waals surface area contributed by atoms with Gasteiger partial charge in [0.15, 0.2) is 0 Å². The van der Waals surface area contributed by atoms with Gasteiger partial charge in [-0.25, -0.2) is 4.79 Å². The van der Waals surface area contributed by atoms with Crippen LogP contribution in [0.3, 0.4) is 0 Å². The minimum absolute atomic E-state index is 0.168. The van der Waals surface area contributed by atoms with Crippen molar-refractivity contribution < 1.29 is 19.4 Å². The van der Waals surface area contributed by atoms with E-state index in [-0.39, 0.29) is 17.6 Å². The predicted octanol–water partition coefficient (Wildman–Crippen LogP) is 3.63. The lowest BCUT2D eigenvalue weighted by atomic mass is 10.0. The van der Waals surface area contributed by atoms with Crippen LogP contribution < -0.4 is 10.2 Å². The molecule has 0 spiro atoms. The molecule has 1 fully saturated rings. The Labute approximate surface area is 175 Å². The summed E-state index contributed by atoms with van der Waals surface area (Å²) in [6.45, 7) is 2.11. The predicted molar refractivity (Wildman–Crippen MR) is 113 cm³/mol. The molecule has 0 bridgehead atoms. The Morgan fingerprint density at radius 3 is 2.48 bits per heavy atom. The molecule has 154 valence electrons. The number of carboxylic acid groups (broad SMARTS) is 1. The van der Waals surface area contributed by atoms with Gasteiger partial charge in [-0.15, -0.1) is 0 Å². The van der Waals surface area contributed by atoms with E-state index in [4.69, 9.17) is 21.4 Å². The van der Waals surface area contributed by atoms with E-state index >= 15 is 0 Å². The fourth-order valence-electron chi connectivity index (χ4n) is 3.53. The van der Waals surface area contributed by atoms with Gasteiger partial charge in [0, 0.05) is 37.5 Å². The van der Waals surface area contributed by atoms with Crippen LogP contribution >= 0.6 is 11.6 Å². The summed E-state index contributed by atoms with van der Waals surface area (Å²) in [4.78, 5) is 25.9. The van der Waals surface area contributed by atoms with Gasteiger partial charge < -0.3 is 20.1 Å². The molecule has 1 amide bonds. The van der Waals surface area contributed by atoms with Gasteiger partial charge in [0.25, 0.3) is 5.91 Å². The number of amides is 1. The maximum absolute atomic E-state index is 12.8. The topological polar surface area (TPSA) is 78.9 Å². The molecule has 1 saturated heterocycles. The van der Waals surface area contributed by atoms with Crippen LogP contribution in [0.4, 0.5) is 5.69 Å². The Hall–Kier alpha value is -2.57. The number of ether oxygens (including phenoxy) is 1. The molecular weight excluding hydrogens is 392 g/mol. The molecule has 0 atom stereocenters. The second kappa shape index (κ2) is 9.76. The standard InChI is InChI=1S/C22H25ClN2O4/c1-29-18-9-12-25(13-10-18)20-7-6-17(23)14-19(20)21(26)24-11-8-15-2-4-16(5-3-15)22(27)28/h2-7,14,18H,8-13H2,1H3,(H,24,26)(H,27,28). The summed E-state index contributed by atoms with van der Waals surface area (Å²) in [6, 6.07) is 12.1. The van der Waals surface area contributed by atoms with Crippen LogP contribution in [-0.2, 0) is 11.2 Å². The van der Waals surface area contributed by atoms with Crippen molar-refractivity contribution in [2.45, 2.75) is 25.4 Å². The monoisotopic (exact) mass is 416 g/mol. The molecule has 1 aliphatic heterocycles. The number of rotatable bonds is 7. The number of nitrogens with one attached hydrogen (secondary N) is 1. The molecule has 0 saturated carbocycles. The fourth-order valence-corrected chi connectivity index (χ4v) is 3.70. The number of hydrogen-bond acceptors (Lipinski definition) is 4. The summed E-state index contributed by atoms with van der Waals surface area (Å²) >= 11 is 6.15. The molecular formula is C22H25ClN2O4. The van der Waals surface area contributed by atoms with Crippen molar-refractivity contribution in [3.05, 3.63) is 64.2 Å². The zero-order chi connectivity index (χ0) is 20.8. The number of aromatic carboxylic acids is 1. The van der Waals surface area contributed by atoms with Crippen LogP contribution in [0.15, 0.2) is 42.5 Å². The number of carbonyl (C=O) groups is 2. The molecule has 2 aromatic carbocycles. The number of benzene rings is 2. The van der Waals surface area contributed by atoms with Crippen molar-refractivity contribution in [1.82, 2.24) is 5.32 Å². The molecule has 0 radical (unpaired) electrons. The Morgan fingerprint density at radius 1 is 1.17 bits per heavy atom. The van der Waals surface area contributed by atoms with E-state index in [1.807, 2.05) is 6.07 Å². The Kier molecular flexibility index (Phi) is 7.12. The fraction of sp³-hybridized carbons (Fsp3) is 0.364. The Balaban J connectivity index is 1.62. The number of halogens is 1. The molecule has 29 heavy (non-hydrogen) atoms. The summed E-state index contributed by atoms with van der Waals surface area (Å²) in [7, 11) is 1.73. The highest BCUT2D eigenvalue weighted by atomic mass is 35.5. The lowest BCUT2D eigenvalue weighted by Crippen LogP contribution is -2.38. The minimum atomic E-state index is -0.951. The average Bonchev–Trinajstić information content (AvgIpc) is 2.74. The maximum Gasteiger partial charge on any atom is 0.335 e. The molecule has 7 heteroatoms. The van der Waals surface area contributed by atoms with E-state index in [9.17, 15) is 9.59 Å². The first-order valence-corrected chi connectivity index (χ1v) is 10.0. The van der Waals surface area contributed by atoms with Crippen LogP contribution in [0.5, 0.6) is 0 Å². The molecule has 0 unspecified atom stereocenters. The van der Waals surface area contributed by atoms with E-state index in [1.165, 1.54) is 0 Å². The molecule has 1 aliphatic rings. The zero-order valence-corrected chi connectivity index (χ0v) is 17.1. The highest BCUT2D eigenvalue weighted by molar-refractivity contribution is 6.31. The van der Waals surface area contributed by atoms with Gasteiger partial charge >= 0.3 is 5.97 Å². The number of carbonyl (C=O) groups excluding carboxylic acids is 1. The molecule has 3 rings (SSSR count). The van der Waals surface area contributed by atoms with Crippen LogP contribution in [0.1, 0.15) is 39.1 Å². The van der Waals surface area contributed by atoms with Gasteiger partial charge in [-0.1, -0.05) is 23.7 Å². The van der Waals surface area contributed by atoms with Crippen molar-refractivity contribution in [1.29, 1.82) is 0 Å². The average molecular weight is 417 g/mol. The normalized spacial score (nSPS) is 14.6. The second-order valence-electron chi connectivity index (χ2n) is 7.09. The number of anilines is 1. The largest absolute Gasteiger partial charge is 0.478 e. The Bertz CT molecular complexity index is 862. The second-order valence-corrected chi connectivity index (χ2v) is 7.53. The van der Waals surface area contributed by atoms with E-state index < -0.39 is 5.97 Å². The van der Waals surface area contributed by atoms with E-state index in [0.717, 1.165) is 37.2 Å². The third kappa shape index (κ3) is 5.49. The SMILES string of the molecule is COC1CCN(c2ccc(Cl)cc2C(=O)NCCc2ccc(C(=O)O)cc2)CC1. The zero-order valence-electron chi connectivity index (χ0n) is 16.4. The third-order valence-corrected chi connectivity index (χ3v) is 5.45. The molecule has 0 aromatic heterocycles. The lowest BCUT2D eigenvalue weighted by molar-refractivity contribution is 0.0696. The summed E-state index contributed by atoms with van der Waals surface area (Å²) in [5.41, 5.74) is 2.66. The summed E-state index contributed by atoms with van der Waals surface area (Å²) < 4.78 is 5.43. The highest BCUT2D eigenvalue weighted by Gasteiger charge is 2.23. The smallest absolute Gasteiger partial charge is 0.335 e. The van der Waals surface area contributed by atoms with E-state index in [2.05, 4.69) is 10.2 Å². The van der Waals surface area contributed by atoms with Gasteiger partial charge in [0.05, 0.1) is 17.2 Å². The molecule has 1 heterocycles. The minimum Gasteiger partial charge on any atom is -0.478 e. The molecule has 2 aromatic rings. The van der Waals surface area contributed by atoms with Crippen molar-refractivity contribution in [2.24, 2.45) is 0 Å². The summed E-state index contributed by atoms with van der Waals surface area (Å²) in [5.74, 6) is -1.12. The molecule has 2 N–H and O–H groups in total. The number of carboxylic acids is 1. The number of hydrogen-bond donors (Lipinski definition) is 2. The van der Waals surface area contributed by atoms with Gasteiger partial charge in [-0.3, -0.25) is 4.79 Å². The van der Waals surface area contributed by atoms with Gasteiger partial charge in [-0.2, -0.15) is 0 Å². The highest BCUT2D eigenvalue weighted by Crippen LogP contribution is 2.27. The van der Waals surface area contributed by atoms with E-state index in [1.54, 1.807) is 43.5 Å². The quantitative estimate of drug-likeness (QED) is 0.720. The van der Waals surface area contributed by atoms with Gasteiger partial charge in [-0.05, 0) is 55.2 Å². The van der Waals surface area contributed by atoms with E-state index in [0.29, 0.717) is 23.6 Å². The van der Waals surface area contributed by atoms with Crippen LogP contribution in [0, 0.1) is 0 Å². The number of nitrogens with zero attached hydrogens (tertiary/aromatic N) is 1. The maximum atomic E-state index is 12.8. The summed E-state index contributed by atoms with van der Waals surface area (Å²) in [6.07, 6.45) is 2.73. The van der Waals surface area contributed by atoms with Crippen LogP contribution in [0.25, 0.3) is 0 Å².